The smallest absolute Gasteiger partial charge is 0.289 e. The Hall–Kier alpha value is -3.48. The number of benzene rings is 2. The number of hydrogen-bond acceptors (Lipinski definition) is 6. The average molecular weight is 395 g/mol. The highest BCUT2D eigenvalue weighted by Gasteiger charge is 2.22. The minimum atomic E-state index is -0.437. The topological polar surface area (TPSA) is 98.8 Å². The summed E-state index contributed by atoms with van der Waals surface area (Å²) in [6.07, 6.45) is 1.16. The molecule has 1 aromatic heterocycles. The van der Waals surface area contributed by atoms with Gasteiger partial charge < -0.3 is 24.8 Å². The zero-order valence-corrected chi connectivity index (χ0v) is 16.9. The normalized spacial score (nSPS) is 10.9. The number of oxazole rings is 1. The molecule has 0 saturated carbocycles. The van der Waals surface area contributed by atoms with Crippen LogP contribution in [0.4, 0.5) is 5.69 Å². The predicted octanol–water partition coefficient (Wildman–Crippen LogP) is 3.87. The number of carbonyl (C=O) groups is 1. The molecule has 0 radical (unpaired) electrons. The second-order valence-electron chi connectivity index (χ2n) is 7.36. The van der Waals surface area contributed by atoms with Crippen molar-refractivity contribution in [3.05, 3.63) is 59.7 Å². The maximum atomic E-state index is 12.7. The van der Waals surface area contributed by atoms with Gasteiger partial charge in [0.1, 0.15) is 17.2 Å². The van der Waals surface area contributed by atoms with Crippen LogP contribution >= 0.6 is 0 Å². The minimum Gasteiger partial charge on any atom is -0.508 e. The van der Waals surface area contributed by atoms with E-state index < -0.39 is 5.91 Å². The summed E-state index contributed by atoms with van der Waals surface area (Å²) in [5.41, 5.74) is 3.22. The fourth-order valence-electron chi connectivity index (χ4n) is 3.02. The fraction of sp³-hybridized carbons (Fsp3) is 0.273. The molecule has 0 bridgehead atoms. The van der Waals surface area contributed by atoms with Crippen molar-refractivity contribution in [3.63, 3.8) is 0 Å². The summed E-state index contributed by atoms with van der Waals surface area (Å²) in [5.74, 6) is -0.576. The Labute approximate surface area is 169 Å². The predicted molar refractivity (Wildman–Crippen MR) is 111 cm³/mol. The van der Waals surface area contributed by atoms with Gasteiger partial charge in [-0.1, -0.05) is 26.0 Å². The molecule has 3 N–H and O–H groups in total. The number of nitrogens with one attached hydrogen (secondary N) is 1. The van der Waals surface area contributed by atoms with Crippen LogP contribution in [0.1, 0.15) is 41.4 Å². The molecule has 0 aliphatic heterocycles. The number of carbonyl (C=O) groups excluding carboxylic acids is 1. The van der Waals surface area contributed by atoms with E-state index in [1.807, 2.05) is 57.1 Å². The number of rotatable bonds is 6. The molecule has 7 nitrogen and oxygen atoms in total. The van der Waals surface area contributed by atoms with E-state index in [-0.39, 0.29) is 28.9 Å². The number of phenols is 2. The lowest BCUT2D eigenvalue weighted by atomic mass is 9.97. The lowest BCUT2D eigenvalue weighted by molar-refractivity contribution is 0.0924. The number of aromatic nitrogens is 1. The zero-order chi connectivity index (χ0) is 21.1. The highest BCUT2D eigenvalue weighted by Crippen LogP contribution is 2.38. The minimum absolute atomic E-state index is 0.00285. The largest absolute Gasteiger partial charge is 0.508 e. The van der Waals surface area contributed by atoms with Crippen molar-refractivity contribution >= 4 is 11.6 Å². The van der Waals surface area contributed by atoms with Crippen molar-refractivity contribution in [2.45, 2.75) is 26.3 Å². The van der Waals surface area contributed by atoms with Gasteiger partial charge >= 0.3 is 0 Å². The van der Waals surface area contributed by atoms with Gasteiger partial charge in [0.15, 0.2) is 6.39 Å². The van der Waals surface area contributed by atoms with Gasteiger partial charge in [0.2, 0.25) is 5.76 Å². The molecule has 29 heavy (non-hydrogen) atoms. The van der Waals surface area contributed by atoms with Crippen molar-refractivity contribution in [1.29, 1.82) is 0 Å². The lowest BCUT2D eigenvalue weighted by Crippen LogP contribution is -2.23. The summed E-state index contributed by atoms with van der Waals surface area (Å²) in [7, 11) is 3.93. The molecule has 0 unspecified atom stereocenters. The molecule has 0 spiro atoms. The van der Waals surface area contributed by atoms with Crippen molar-refractivity contribution in [3.8, 4) is 22.8 Å². The molecule has 1 heterocycles. The Kier molecular flexibility index (Phi) is 5.77. The van der Waals surface area contributed by atoms with Crippen LogP contribution in [0.25, 0.3) is 11.3 Å². The zero-order valence-electron chi connectivity index (χ0n) is 16.9. The summed E-state index contributed by atoms with van der Waals surface area (Å²) in [4.78, 5) is 18.8. The van der Waals surface area contributed by atoms with Crippen molar-refractivity contribution in [2.75, 3.05) is 19.0 Å². The molecule has 3 rings (SSSR count). The van der Waals surface area contributed by atoms with Gasteiger partial charge in [-0.15, -0.1) is 0 Å². The summed E-state index contributed by atoms with van der Waals surface area (Å²) in [5, 5.41) is 23.1. The first-order valence-electron chi connectivity index (χ1n) is 9.32. The van der Waals surface area contributed by atoms with Crippen molar-refractivity contribution in [1.82, 2.24) is 10.3 Å². The van der Waals surface area contributed by atoms with Crippen LogP contribution in [0.5, 0.6) is 11.5 Å². The van der Waals surface area contributed by atoms with Crippen LogP contribution in [0.3, 0.4) is 0 Å². The maximum Gasteiger partial charge on any atom is 0.289 e. The number of phenolic OH excluding ortho intramolecular Hbond substituents is 2. The van der Waals surface area contributed by atoms with Gasteiger partial charge in [0, 0.05) is 38.0 Å². The molecule has 1 amide bonds. The van der Waals surface area contributed by atoms with Gasteiger partial charge in [-0.05, 0) is 35.2 Å². The van der Waals surface area contributed by atoms with Gasteiger partial charge in [-0.3, -0.25) is 4.79 Å². The van der Waals surface area contributed by atoms with Crippen molar-refractivity contribution < 1.29 is 19.4 Å². The SMILES string of the molecule is CC(C)c1cc(-c2ncoc2C(=O)NCc2ccc(N(C)C)cc2)c(O)cc1O. The molecular weight excluding hydrogens is 370 g/mol. The van der Waals surface area contributed by atoms with E-state index in [0.29, 0.717) is 17.7 Å². The summed E-state index contributed by atoms with van der Waals surface area (Å²) >= 11 is 0. The Balaban J connectivity index is 1.81. The standard InChI is InChI=1S/C22H25N3O4/c1-13(2)16-9-17(19(27)10-18(16)26)20-21(29-12-24-20)22(28)23-11-14-5-7-15(8-6-14)25(3)4/h5-10,12-13,26-27H,11H2,1-4H3,(H,23,28). The number of amides is 1. The number of nitrogens with zero attached hydrogens (tertiary/aromatic N) is 2. The van der Waals surface area contributed by atoms with Gasteiger partial charge in [0.25, 0.3) is 5.91 Å². The second kappa shape index (κ2) is 8.26. The first-order valence-corrected chi connectivity index (χ1v) is 9.32. The van der Waals surface area contributed by atoms with E-state index >= 15 is 0 Å². The molecule has 2 aromatic carbocycles. The lowest BCUT2D eigenvalue weighted by Gasteiger charge is -2.13. The molecule has 7 heteroatoms. The first kappa shape index (κ1) is 20.3. The van der Waals surface area contributed by atoms with Crippen LogP contribution < -0.4 is 10.2 Å². The Morgan fingerprint density at radius 1 is 1.14 bits per heavy atom. The monoisotopic (exact) mass is 395 g/mol. The fourth-order valence-corrected chi connectivity index (χ4v) is 3.02. The summed E-state index contributed by atoms with van der Waals surface area (Å²) in [6, 6.07) is 10.7. The van der Waals surface area contributed by atoms with Gasteiger partial charge in [0.05, 0.1) is 0 Å². The van der Waals surface area contributed by atoms with E-state index in [1.54, 1.807) is 6.07 Å². The van der Waals surface area contributed by atoms with E-state index in [9.17, 15) is 15.0 Å². The summed E-state index contributed by atoms with van der Waals surface area (Å²) in [6.45, 7) is 4.17. The van der Waals surface area contributed by atoms with Crippen molar-refractivity contribution in [2.24, 2.45) is 0 Å². The van der Waals surface area contributed by atoms with Crippen LogP contribution in [-0.2, 0) is 6.54 Å². The molecule has 0 fully saturated rings. The van der Waals surface area contributed by atoms with E-state index in [0.717, 1.165) is 17.6 Å². The number of hydrogen-bond donors (Lipinski definition) is 3. The average Bonchev–Trinajstić information content (AvgIpc) is 3.15. The molecule has 0 atom stereocenters. The third-order valence-electron chi connectivity index (χ3n) is 4.70. The van der Waals surface area contributed by atoms with E-state index in [2.05, 4.69) is 10.3 Å². The van der Waals surface area contributed by atoms with Crippen LogP contribution in [0.15, 0.2) is 47.2 Å². The highest BCUT2D eigenvalue weighted by molar-refractivity contribution is 5.97. The van der Waals surface area contributed by atoms with Crippen LogP contribution in [0, 0.1) is 0 Å². The first-order chi connectivity index (χ1) is 13.8. The molecule has 0 saturated heterocycles. The Morgan fingerprint density at radius 3 is 2.45 bits per heavy atom. The number of anilines is 1. The maximum absolute atomic E-state index is 12.7. The molecule has 152 valence electrons. The van der Waals surface area contributed by atoms with E-state index in [4.69, 9.17) is 4.42 Å². The molecule has 0 aliphatic carbocycles. The van der Waals surface area contributed by atoms with Crippen LogP contribution in [0.2, 0.25) is 0 Å². The Bertz CT molecular complexity index is 1010. The number of aromatic hydroxyl groups is 2. The third kappa shape index (κ3) is 4.34. The van der Waals surface area contributed by atoms with E-state index in [1.165, 1.54) is 6.07 Å². The van der Waals surface area contributed by atoms with Gasteiger partial charge in [-0.2, -0.15) is 0 Å². The third-order valence-corrected chi connectivity index (χ3v) is 4.70. The second-order valence-corrected chi connectivity index (χ2v) is 7.36. The Morgan fingerprint density at radius 2 is 1.83 bits per heavy atom. The molecule has 3 aromatic rings. The quantitative estimate of drug-likeness (QED) is 0.586. The highest BCUT2D eigenvalue weighted by atomic mass is 16.3. The molecular formula is C22H25N3O4. The molecule has 0 aliphatic rings. The van der Waals surface area contributed by atoms with Gasteiger partial charge in [-0.25, -0.2) is 4.98 Å². The van der Waals surface area contributed by atoms with Crippen LogP contribution in [-0.4, -0.2) is 35.2 Å². The summed E-state index contributed by atoms with van der Waals surface area (Å²) < 4.78 is 5.30.